The lowest BCUT2D eigenvalue weighted by atomic mass is 9.55. The van der Waals surface area contributed by atoms with E-state index < -0.39 is 5.60 Å². The molecule has 4 aromatic carbocycles. The zero-order chi connectivity index (χ0) is 32.9. The first-order valence-electron chi connectivity index (χ1n) is 16.6. The Morgan fingerprint density at radius 3 is 2.31 bits per heavy atom. The fourth-order valence-corrected chi connectivity index (χ4v) is 9.85. The lowest BCUT2D eigenvalue weighted by Gasteiger charge is -2.50. The van der Waals surface area contributed by atoms with Crippen LogP contribution in [0.4, 0.5) is 11.4 Å². The third kappa shape index (κ3) is 4.01. The number of rotatable bonds is 2. The molecule has 2 saturated carbocycles. The molecule has 3 aliphatic carbocycles. The van der Waals surface area contributed by atoms with E-state index in [2.05, 4.69) is 23.1 Å². The van der Waals surface area contributed by atoms with Crippen LogP contribution in [0.1, 0.15) is 78.3 Å². The predicted molar refractivity (Wildman–Crippen MR) is 183 cm³/mol. The van der Waals surface area contributed by atoms with Crippen LogP contribution in [-0.2, 0) is 16.8 Å². The Balaban J connectivity index is 1.23. The average molecular weight is 659 g/mol. The number of phenols is 3. The summed E-state index contributed by atoms with van der Waals surface area (Å²) >= 11 is 4.93. The van der Waals surface area contributed by atoms with Crippen molar-refractivity contribution in [3.05, 3.63) is 100 Å². The number of ether oxygens (including phenoxy) is 2. The molecule has 2 aliphatic heterocycles. The van der Waals surface area contributed by atoms with Gasteiger partial charge in [-0.3, -0.25) is 0 Å². The maximum Gasteiger partial charge on any atom is 0.223 e. The lowest BCUT2D eigenvalue weighted by molar-refractivity contribution is -0.0225. The third-order valence-electron chi connectivity index (χ3n) is 12.0. The Kier molecular flexibility index (Phi) is 6.38. The minimum atomic E-state index is -1.24. The molecule has 9 heteroatoms. The van der Waals surface area contributed by atoms with E-state index in [1.54, 1.807) is 30.3 Å². The maximum atomic E-state index is 11.4. The third-order valence-corrected chi connectivity index (χ3v) is 12.1. The summed E-state index contributed by atoms with van der Waals surface area (Å²) in [5.41, 5.74) is 4.81. The van der Waals surface area contributed by atoms with E-state index in [-0.39, 0.29) is 28.8 Å². The largest absolute Gasteiger partial charge is 0.508 e. The molecule has 0 aromatic heterocycles. The highest BCUT2D eigenvalue weighted by atomic mass is 32.1. The molecule has 9 rings (SSSR count). The van der Waals surface area contributed by atoms with Crippen molar-refractivity contribution in [2.45, 2.75) is 63.1 Å². The van der Waals surface area contributed by atoms with Crippen molar-refractivity contribution in [3.63, 3.8) is 0 Å². The summed E-state index contributed by atoms with van der Waals surface area (Å²) in [4.78, 5) is 9.39. The van der Waals surface area contributed by atoms with Crippen LogP contribution in [-0.4, -0.2) is 37.6 Å². The van der Waals surface area contributed by atoms with Gasteiger partial charge in [0.05, 0.1) is 17.0 Å². The molecule has 0 radical (unpaired) electrons. The zero-order valence-corrected chi connectivity index (χ0v) is 27.1. The second-order valence-electron chi connectivity index (χ2n) is 14.2. The SMILES string of the molecule is CC12CCC3c4ccc(O)c(N=C5OC6(c7ccc(O)cc7Oc7cc(O)ccc76)c6ccc(N=C=S)cc65)c4CCC3C1CCC2O. The summed E-state index contributed by atoms with van der Waals surface area (Å²) in [6, 6.07) is 19.2. The van der Waals surface area contributed by atoms with E-state index in [0.29, 0.717) is 63.2 Å². The lowest BCUT2D eigenvalue weighted by Crippen LogP contribution is -2.43. The molecule has 8 nitrogen and oxygen atoms in total. The molecule has 2 heterocycles. The molecule has 4 N–H and O–H groups in total. The highest BCUT2D eigenvalue weighted by Gasteiger charge is 2.55. The Morgan fingerprint density at radius 2 is 1.58 bits per heavy atom. The van der Waals surface area contributed by atoms with E-state index in [9.17, 15) is 20.4 Å². The molecule has 2 fully saturated rings. The van der Waals surface area contributed by atoms with Gasteiger partial charge in [-0.2, -0.15) is 4.99 Å². The topological polar surface area (TPSA) is 124 Å². The summed E-state index contributed by atoms with van der Waals surface area (Å²) in [7, 11) is 0. The van der Waals surface area contributed by atoms with Crippen LogP contribution >= 0.6 is 12.2 Å². The molecule has 1 spiro atoms. The summed E-state index contributed by atoms with van der Waals surface area (Å²) in [6.45, 7) is 2.28. The molecule has 0 saturated heterocycles. The first kappa shape index (κ1) is 29.4. The number of aliphatic hydroxyl groups excluding tert-OH is 1. The first-order valence-corrected chi connectivity index (χ1v) is 17.0. The van der Waals surface area contributed by atoms with Gasteiger partial charge in [0.25, 0.3) is 0 Å². The summed E-state index contributed by atoms with van der Waals surface area (Å²) in [5.74, 6) is 2.52. The van der Waals surface area contributed by atoms with Crippen LogP contribution in [0.15, 0.2) is 76.7 Å². The van der Waals surface area contributed by atoms with Crippen LogP contribution in [0.5, 0.6) is 28.7 Å². The molecular formula is C39H34N2O6S. The Labute approximate surface area is 283 Å². The fraction of sp³-hybridized carbons (Fsp3) is 0.333. The first-order chi connectivity index (χ1) is 23.2. The molecule has 4 aromatic rings. The number of thiocarbonyl (C=S) groups is 1. The van der Waals surface area contributed by atoms with Crippen molar-refractivity contribution in [1.82, 2.24) is 0 Å². The van der Waals surface area contributed by atoms with Crippen molar-refractivity contribution in [2.24, 2.45) is 27.2 Å². The van der Waals surface area contributed by atoms with E-state index >= 15 is 0 Å². The summed E-state index contributed by atoms with van der Waals surface area (Å²) in [5, 5.41) is 45.5. The second kappa shape index (κ2) is 10.4. The van der Waals surface area contributed by atoms with E-state index in [0.717, 1.165) is 49.7 Å². The Bertz CT molecular complexity index is 2070. The van der Waals surface area contributed by atoms with Crippen LogP contribution in [0, 0.1) is 17.3 Å². The molecule has 0 amide bonds. The predicted octanol–water partition coefficient (Wildman–Crippen LogP) is 8.26. The number of hydrogen-bond donors (Lipinski definition) is 4. The van der Waals surface area contributed by atoms with Gasteiger partial charge < -0.3 is 29.9 Å². The van der Waals surface area contributed by atoms with Crippen molar-refractivity contribution in [2.75, 3.05) is 0 Å². The number of benzene rings is 4. The quantitative estimate of drug-likeness (QED) is 0.126. The van der Waals surface area contributed by atoms with Crippen LogP contribution < -0.4 is 4.74 Å². The summed E-state index contributed by atoms with van der Waals surface area (Å²) in [6.07, 6.45) is 5.42. The minimum Gasteiger partial charge on any atom is -0.508 e. The molecule has 0 bridgehead atoms. The number of phenolic OH excluding ortho intramolecular Hbond substituents is 3. The Morgan fingerprint density at radius 1 is 0.854 bits per heavy atom. The monoisotopic (exact) mass is 658 g/mol. The van der Waals surface area contributed by atoms with Crippen LogP contribution in [0.2, 0.25) is 0 Å². The minimum absolute atomic E-state index is 0.0269. The van der Waals surface area contributed by atoms with Gasteiger partial charge in [-0.05, 0) is 128 Å². The number of aromatic hydroxyl groups is 3. The van der Waals surface area contributed by atoms with Gasteiger partial charge in [0, 0.05) is 34.4 Å². The van der Waals surface area contributed by atoms with Gasteiger partial charge in [-0.15, -0.1) is 0 Å². The number of aliphatic imine (C=N–C) groups is 2. The fourth-order valence-electron chi connectivity index (χ4n) is 9.75. The van der Waals surface area contributed by atoms with E-state index in [1.165, 1.54) is 17.7 Å². The highest BCUT2D eigenvalue weighted by Crippen LogP contribution is 2.62. The smallest absolute Gasteiger partial charge is 0.223 e. The number of fused-ring (bicyclic) bond motifs is 11. The van der Waals surface area contributed by atoms with E-state index in [4.69, 9.17) is 26.7 Å². The molecule has 5 atom stereocenters. The van der Waals surface area contributed by atoms with Crippen LogP contribution in [0.25, 0.3) is 0 Å². The standard InChI is InChI=1S/C39H34N2O6S/c1-38-15-14-24-23-7-12-32(44)36(26(23)6-5-25(24)28(38)11-13-35(38)45)41-37-27-16-20(40-19-48)2-8-29(27)39(47-37)30-9-3-21(42)17-33(30)46-34-18-22(43)4-10-31(34)39/h2-4,7-10,12,16-18,24-25,28,35,42-45H,5-6,11,13-15H2,1H3. The van der Waals surface area contributed by atoms with Crippen LogP contribution in [0.3, 0.4) is 0 Å². The maximum absolute atomic E-state index is 11.4. The normalized spacial score (nSPS) is 27.8. The van der Waals surface area contributed by atoms with Crippen molar-refractivity contribution in [1.29, 1.82) is 0 Å². The zero-order valence-electron chi connectivity index (χ0n) is 26.3. The van der Waals surface area contributed by atoms with Gasteiger partial charge in [-0.1, -0.05) is 19.1 Å². The highest BCUT2D eigenvalue weighted by molar-refractivity contribution is 7.78. The van der Waals surface area contributed by atoms with Crippen molar-refractivity contribution < 1.29 is 29.9 Å². The van der Waals surface area contributed by atoms with Gasteiger partial charge in [0.15, 0.2) is 5.60 Å². The second-order valence-corrected chi connectivity index (χ2v) is 14.3. The van der Waals surface area contributed by atoms with Gasteiger partial charge >= 0.3 is 0 Å². The Hall–Kier alpha value is -4.69. The van der Waals surface area contributed by atoms with Gasteiger partial charge in [-0.25, -0.2) is 4.99 Å². The molecule has 5 unspecified atom stereocenters. The van der Waals surface area contributed by atoms with Gasteiger partial charge in [0.1, 0.15) is 34.4 Å². The average Bonchev–Trinajstić information content (AvgIpc) is 3.55. The van der Waals surface area contributed by atoms with Crippen molar-refractivity contribution >= 4 is 34.7 Å². The molecule has 242 valence electrons. The van der Waals surface area contributed by atoms with Gasteiger partial charge in [0.2, 0.25) is 5.90 Å². The summed E-state index contributed by atoms with van der Waals surface area (Å²) < 4.78 is 13.3. The number of nitrogens with zero attached hydrogens (tertiary/aromatic N) is 2. The molecule has 48 heavy (non-hydrogen) atoms. The van der Waals surface area contributed by atoms with Crippen molar-refractivity contribution in [3.8, 4) is 28.7 Å². The van der Waals surface area contributed by atoms with E-state index in [1.807, 2.05) is 18.2 Å². The molecule has 5 aliphatic rings. The number of isothiocyanates is 1. The number of aliphatic hydroxyl groups is 1. The number of hydrogen-bond acceptors (Lipinski definition) is 9. The molecular weight excluding hydrogens is 625 g/mol.